The Morgan fingerprint density at radius 1 is 1.22 bits per heavy atom. The molecule has 0 aliphatic carbocycles. The number of nitrogens with zero attached hydrogens (tertiary/aromatic N) is 3. The molecule has 6 nitrogen and oxygen atoms in total. The summed E-state index contributed by atoms with van der Waals surface area (Å²) in [5.74, 6) is 0. The van der Waals surface area contributed by atoms with E-state index in [1.807, 2.05) is 30.5 Å². The van der Waals surface area contributed by atoms with Gasteiger partial charge >= 0.3 is 0 Å². The van der Waals surface area contributed by atoms with Crippen LogP contribution in [0.15, 0.2) is 53.7 Å². The van der Waals surface area contributed by atoms with Crippen LogP contribution in [0.3, 0.4) is 0 Å². The van der Waals surface area contributed by atoms with Gasteiger partial charge in [0.1, 0.15) is 6.33 Å². The zero-order valence-corrected chi connectivity index (χ0v) is 12.7. The van der Waals surface area contributed by atoms with Crippen molar-refractivity contribution in [2.75, 3.05) is 5.32 Å². The molecule has 1 aromatic carbocycles. The van der Waals surface area contributed by atoms with E-state index < -0.39 is 0 Å². The molecule has 0 saturated carbocycles. The first kappa shape index (κ1) is 13.8. The third-order valence-corrected chi connectivity index (χ3v) is 3.88. The predicted molar refractivity (Wildman–Crippen MR) is 89.9 cm³/mol. The first-order chi connectivity index (χ1) is 11.2. The molecule has 0 atom stereocenters. The topological polar surface area (TPSA) is 75.1 Å². The van der Waals surface area contributed by atoms with Crippen molar-refractivity contribution in [3.8, 4) is 0 Å². The summed E-state index contributed by atoms with van der Waals surface area (Å²) in [4.78, 5) is 19.1. The highest BCUT2D eigenvalue weighted by molar-refractivity contribution is 6.31. The third kappa shape index (κ3) is 2.64. The smallest absolute Gasteiger partial charge is 0.253 e. The summed E-state index contributed by atoms with van der Waals surface area (Å²) in [6, 6.07) is 11.0. The molecule has 0 aliphatic rings. The first-order valence-corrected chi connectivity index (χ1v) is 7.41. The summed E-state index contributed by atoms with van der Waals surface area (Å²) in [7, 11) is 0. The van der Waals surface area contributed by atoms with Gasteiger partial charge in [-0.25, -0.2) is 9.50 Å². The maximum atomic E-state index is 12.2. The van der Waals surface area contributed by atoms with E-state index in [9.17, 15) is 4.79 Å². The Balaban J connectivity index is 1.63. The van der Waals surface area contributed by atoms with Crippen LogP contribution in [0.4, 0.5) is 5.69 Å². The standard InChI is InChI=1S/C16H12ClN5O/c17-12-1-3-14-10(6-12)5-11(16(23)21-14)7-18-13-2-4-15-19-9-20-22(15)8-13/h1-6,8-9,18H,7H2,(H,21,23). The Kier molecular flexibility index (Phi) is 3.24. The molecule has 0 aliphatic heterocycles. The maximum Gasteiger partial charge on any atom is 0.253 e. The highest BCUT2D eigenvalue weighted by Crippen LogP contribution is 2.17. The van der Waals surface area contributed by atoms with Gasteiger partial charge in [-0.05, 0) is 36.4 Å². The molecule has 114 valence electrons. The second-order valence-corrected chi connectivity index (χ2v) is 5.63. The molecule has 0 unspecified atom stereocenters. The summed E-state index contributed by atoms with van der Waals surface area (Å²) in [5.41, 5.74) is 2.92. The lowest BCUT2D eigenvalue weighted by atomic mass is 10.1. The number of nitrogens with one attached hydrogen (secondary N) is 2. The Labute approximate surface area is 135 Å². The Morgan fingerprint density at radius 2 is 2.13 bits per heavy atom. The van der Waals surface area contributed by atoms with Crippen LogP contribution in [0, 0.1) is 0 Å². The van der Waals surface area contributed by atoms with Crippen molar-refractivity contribution in [2.45, 2.75) is 6.54 Å². The van der Waals surface area contributed by atoms with Gasteiger partial charge in [-0.1, -0.05) is 11.6 Å². The second kappa shape index (κ2) is 5.40. The SMILES string of the molecule is O=c1[nH]c2ccc(Cl)cc2cc1CNc1ccc2ncnn2c1. The van der Waals surface area contributed by atoms with Crippen LogP contribution in [0.1, 0.15) is 5.56 Å². The molecule has 2 N–H and O–H groups in total. The number of hydrogen-bond acceptors (Lipinski definition) is 4. The van der Waals surface area contributed by atoms with Gasteiger partial charge < -0.3 is 10.3 Å². The average Bonchev–Trinajstić information content (AvgIpc) is 3.01. The lowest BCUT2D eigenvalue weighted by Crippen LogP contribution is -2.15. The Hall–Kier alpha value is -2.86. The van der Waals surface area contributed by atoms with E-state index in [1.54, 1.807) is 16.6 Å². The molecule has 0 saturated heterocycles. The van der Waals surface area contributed by atoms with Crippen LogP contribution >= 0.6 is 11.6 Å². The van der Waals surface area contributed by atoms with Crippen molar-refractivity contribution >= 4 is 33.8 Å². The molecule has 4 rings (SSSR count). The fraction of sp³-hybridized carbons (Fsp3) is 0.0625. The molecular weight excluding hydrogens is 314 g/mol. The first-order valence-electron chi connectivity index (χ1n) is 7.04. The molecule has 7 heteroatoms. The average molecular weight is 326 g/mol. The number of aromatic amines is 1. The van der Waals surface area contributed by atoms with Crippen LogP contribution in [-0.4, -0.2) is 19.6 Å². The molecule has 0 radical (unpaired) electrons. The molecule has 0 fully saturated rings. The molecule has 0 bridgehead atoms. The maximum absolute atomic E-state index is 12.2. The van der Waals surface area contributed by atoms with Gasteiger partial charge in [0.25, 0.3) is 5.56 Å². The number of anilines is 1. The van der Waals surface area contributed by atoms with E-state index >= 15 is 0 Å². The molecule has 23 heavy (non-hydrogen) atoms. The third-order valence-electron chi connectivity index (χ3n) is 3.64. The van der Waals surface area contributed by atoms with Crippen molar-refractivity contribution in [3.05, 3.63) is 69.9 Å². The predicted octanol–water partition coefficient (Wildman–Crippen LogP) is 2.84. The van der Waals surface area contributed by atoms with Crippen molar-refractivity contribution in [1.29, 1.82) is 0 Å². The minimum absolute atomic E-state index is 0.117. The van der Waals surface area contributed by atoms with Crippen molar-refractivity contribution in [1.82, 2.24) is 19.6 Å². The second-order valence-electron chi connectivity index (χ2n) is 5.19. The summed E-state index contributed by atoms with van der Waals surface area (Å²) in [5, 5.41) is 8.85. The van der Waals surface area contributed by atoms with E-state index in [1.165, 1.54) is 6.33 Å². The number of halogens is 1. The van der Waals surface area contributed by atoms with Crippen molar-refractivity contribution < 1.29 is 0 Å². The number of H-pyrrole nitrogens is 1. The molecule has 3 aromatic heterocycles. The Morgan fingerprint density at radius 3 is 3.04 bits per heavy atom. The van der Waals surface area contributed by atoms with Crippen LogP contribution < -0.4 is 10.9 Å². The van der Waals surface area contributed by atoms with Gasteiger partial charge in [0, 0.05) is 28.0 Å². The van der Waals surface area contributed by atoms with Crippen molar-refractivity contribution in [2.24, 2.45) is 0 Å². The fourth-order valence-electron chi connectivity index (χ4n) is 2.47. The molecule has 0 spiro atoms. The molecular formula is C16H12ClN5O. The minimum atomic E-state index is -0.117. The fourth-order valence-corrected chi connectivity index (χ4v) is 2.65. The van der Waals surface area contributed by atoms with Crippen LogP contribution in [0.5, 0.6) is 0 Å². The lowest BCUT2D eigenvalue weighted by molar-refractivity contribution is 0.956. The van der Waals surface area contributed by atoms with E-state index in [4.69, 9.17) is 11.6 Å². The number of aromatic nitrogens is 4. The summed E-state index contributed by atoms with van der Waals surface area (Å²) < 4.78 is 1.67. The minimum Gasteiger partial charge on any atom is -0.380 e. The van der Waals surface area contributed by atoms with E-state index in [0.29, 0.717) is 17.1 Å². The monoisotopic (exact) mass is 325 g/mol. The van der Waals surface area contributed by atoms with Gasteiger partial charge in [0.05, 0.1) is 11.9 Å². The van der Waals surface area contributed by atoms with Crippen molar-refractivity contribution in [3.63, 3.8) is 0 Å². The number of rotatable bonds is 3. The number of hydrogen-bond donors (Lipinski definition) is 2. The van der Waals surface area contributed by atoms with Gasteiger partial charge in [-0.3, -0.25) is 4.79 Å². The quantitative estimate of drug-likeness (QED) is 0.607. The van der Waals surface area contributed by atoms with Gasteiger partial charge in [0.2, 0.25) is 0 Å². The van der Waals surface area contributed by atoms with Crippen LogP contribution in [0.2, 0.25) is 5.02 Å². The zero-order valence-electron chi connectivity index (χ0n) is 12.0. The van der Waals surface area contributed by atoms with E-state index in [0.717, 1.165) is 22.2 Å². The number of pyridine rings is 2. The highest BCUT2D eigenvalue weighted by atomic mass is 35.5. The zero-order chi connectivity index (χ0) is 15.8. The molecule has 0 amide bonds. The normalized spacial score (nSPS) is 11.2. The molecule has 3 heterocycles. The summed E-state index contributed by atoms with van der Waals surface area (Å²) in [6.07, 6.45) is 3.32. The Bertz CT molecular complexity index is 1070. The lowest BCUT2D eigenvalue weighted by Gasteiger charge is -2.07. The van der Waals surface area contributed by atoms with Crippen LogP contribution in [-0.2, 0) is 6.54 Å². The van der Waals surface area contributed by atoms with Crippen LogP contribution in [0.25, 0.3) is 16.6 Å². The number of benzene rings is 1. The van der Waals surface area contributed by atoms with Gasteiger partial charge in [0.15, 0.2) is 5.65 Å². The number of fused-ring (bicyclic) bond motifs is 2. The summed E-state index contributed by atoms with van der Waals surface area (Å²) in [6.45, 7) is 0.401. The van der Waals surface area contributed by atoms with E-state index in [-0.39, 0.29) is 5.56 Å². The largest absolute Gasteiger partial charge is 0.380 e. The molecule has 4 aromatic rings. The summed E-state index contributed by atoms with van der Waals surface area (Å²) >= 11 is 6.01. The van der Waals surface area contributed by atoms with Gasteiger partial charge in [-0.2, -0.15) is 5.10 Å². The van der Waals surface area contributed by atoms with Gasteiger partial charge in [-0.15, -0.1) is 0 Å². The van der Waals surface area contributed by atoms with E-state index in [2.05, 4.69) is 20.4 Å². The highest BCUT2D eigenvalue weighted by Gasteiger charge is 2.04.